The number of benzene rings is 1. The molecule has 23 heavy (non-hydrogen) atoms. The fraction of sp³-hybridized carbons (Fsp3) is 0.562. The molecule has 0 radical (unpaired) electrons. The second-order valence-electron chi connectivity index (χ2n) is 4.89. The molecular weight excluding hydrogens is 300 g/mol. The highest BCUT2D eigenvalue weighted by Crippen LogP contribution is 2.19. The molecule has 1 amide bonds. The number of carbonyl (C=O) groups excluding carboxylic acids is 1. The van der Waals surface area contributed by atoms with Crippen LogP contribution in [-0.4, -0.2) is 68.9 Å². The SMILES string of the molecule is CC(=O)Nc1cccc(N(CCOCCO)CCOCCO)c1. The first-order chi connectivity index (χ1) is 11.2. The predicted molar refractivity (Wildman–Crippen MR) is 88.8 cm³/mol. The lowest BCUT2D eigenvalue weighted by atomic mass is 10.2. The third-order valence-corrected chi connectivity index (χ3v) is 3.01. The quantitative estimate of drug-likeness (QED) is 0.484. The van der Waals surface area contributed by atoms with Gasteiger partial charge in [-0.3, -0.25) is 4.79 Å². The molecule has 0 atom stereocenters. The Morgan fingerprint density at radius 2 is 1.70 bits per heavy atom. The molecule has 7 nitrogen and oxygen atoms in total. The van der Waals surface area contributed by atoms with Crippen LogP contribution in [0.5, 0.6) is 0 Å². The number of carbonyl (C=O) groups is 1. The third kappa shape index (κ3) is 8.51. The van der Waals surface area contributed by atoms with E-state index in [4.69, 9.17) is 19.7 Å². The zero-order valence-electron chi connectivity index (χ0n) is 13.5. The Morgan fingerprint density at radius 3 is 2.22 bits per heavy atom. The fourth-order valence-corrected chi connectivity index (χ4v) is 2.04. The van der Waals surface area contributed by atoms with Gasteiger partial charge in [0, 0.05) is 31.4 Å². The molecule has 0 saturated carbocycles. The van der Waals surface area contributed by atoms with Gasteiger partial charge >= 0.3 is 0 Å². The molecule has 0 saturated heterocycles. The van der Waals surface area contributed by atoms with Crippen LogP contribution < -0.4 is 10.2 Å². The Morgan fingerprint density at radius 1 is 1.09 bits per heavy atom. The van der Waals surface area contributed by atoms with Crippen LogP contribution in [0.3, 0.4) is 0 Å². The molecule has 0 heterocycles. The second-order valence-corrected chi connectivity index (χ2v) is 4.89. The predicted octanol–water partition coefficient (Wildman–Crippen LogP) is 0.469. The Bertz CT molecular complexity index is 444. The number of amides is 1. The summed E-state index contributed by atoms with van der Waals surface area (Å²) in [6.45, 7) is 4.29. The number of aliphatic hydroxyl groups is 2. The molecule has 1 rings (SSSR count). The smallest absolute Gasteiger partial charge is 0.221 e. The number of rotatable bonds is 12. The van der Waals surface area contributed by atoms with Crippen LogP contribution >= 0.6 is 0 Å². The average Bonchev–Trinajstić information content (AvgIpc) is 2.53. The van der Waals surface area contributed by atoms with Gasteiger partial charge in [-0.1, -0.05) is 6.07 Å². The van der Waals surface area contributed by atoms with Crippen molar-refractivity contribution in [1.29, 1.82) is 0 Å². The van der Waals surface area contributed by atoms with Crippen molar-refractivity contribution in [2.45, 2.75) is 6.92 Å². The maximum Gasteiger partial charge on any atom is 0.221 e. The summed E-state index contributed by atoms with van der Waals surface area (Å²) >= 11 is 0. The first kappa shape index (κ1) is 19.4. The third-order valence-electron chi connectivity index (χ3n) is 3.01. The number of hydrogen-bond donors (Lipinski definition) is 3. The second kappa shape index (κ2) is 11.8. The van der Waals surface area contributed by atoms with Gasteiger partial charge in [0.2, 0.25) is 5.91 Å². The van der Waals surface area contributed by atoms with Crippen molar-refractivity contribution >= 4 is 17.3 Å². The summed E-state index contributed by atoms with van der Waals surface area (Å²) < 4.78 is 10.6. The summed E-state index contributed by atoms with van der Waals surface area (Å²) in [5, 5.41) is 20.3. The van der Waals surface area contributed by atoms with Gasteiger partial charge < -0.3 is 29.9 Å². The molecule has 1 aromatic carbocycles. The Kier molecular flexibility index (Phi) is 9.97. The lowest BCUT2D eigenvalue weighted by molar-refractivity contribution is -0.114. The molecule has 7 heteroatoms. The number of nitrogens with zero attached hydrogens (tertiary/aromatic N) is 1. The van der Waals surface area contributed by atoms with E-state index in [1.54, 1.807) is 0 Å². The molecule has 0 bridgehead atoms. The molecule has 0 aliphatic carbocycles. The normalized spacial score (nSPS) is 10.6. The molecule has 0 aromatic heterocycles. The molecule has 0 spiro atoms. The van der Waals surface area contributed by atoms with Gasteiger partial charge in [-0.25, -0.2) is 0 Å². The van der Waals surface area contributed by atoms with Gasteiger partial charge in [0.25, 0.3) is 0 Å². The van der Waals surface area contributed by atoms with Crippen molar-refractivity contribution in [3.63, 3.8) is 0 Å². The summed E-state index contributed by atoms with van der Waals surface area (Å²) in [5.74, 6) is -0.119. The lowest BCUT2D eigenvalue weighted by Crippen LogP contribution is -2.31. The zero-order valence-corrected chi connectivity index (χ0v) is 13.5. The first-order valence-electron chi connectivity index (χ1n) is 7.67. The molecule has 1 aromatic rings. The van der Waals surface area contributed by atoms with Crippen molar-refractivity contribution in [1.82, 2.24) is 0 Å². The number of ether oxygens (including phenoxy) is 2. The van der Waals surface area contributed by atoms with Gasteiger partial charge in [-0.05, 0) is 18.2 Å². The van der Waals surface area contributed by atoms with Gasteiger partial charge in [0.05, 0.1) is 39.6 Å². The van der Waals surface area contributed by atoms with Gasteiger partial charge in [-0.15, -0.1) is 0 Å². The van der Waals surface area contributed by atoms with Crippen LogP contribution in [0.2, 0.25) is 0 Å². The van der Waals surface area contributed by atoms with Crippen molar-refractivity contribution in [3.8, 4) is 0 Å². The van der Waals surface area contributed by atoms with Crippen LogP contribution in [0.1, 0.15) is 6.92 Å². The van der Waals surface area contributed by atoms with Crippen LogP contribution in [0.15, 0.2) is 24.3 Å². The fourth-order valence-electron chi connectivity index (χ4n) is 2.04. The molecule has 0 aliphatic heterocycles. The summed E-state index contributed by atoms with van der Waals surface area (Å²) in [6.07, 6.45) is 0. The minimum atomic E-state index is -0.119. The van der Waals surface area contributed by atoms with Gasteiger partial charge in [-0.2, -0.15) is 0 Å². The van der Waals surface area contributed by atoms with E-state index in [2.05, 4.69) is 10.2 Å². The van der Waals surface area contributed by atoms with E-state index < -0.39 is 0 Å². The highest BCUT2D eigenvalue weighted by molar-refractivity contribution is 5.89. The number of nitrogens with one attached hydrogen (secondary N) is 1. The standard InChI is InChI=1S/C16H26N2O5/c1-14(21)17-15-3-2-4-16(13-15)18(5-9-22-11-7-19)6-10-23-12-8-20/h2-4,13,19-20H,5-12H2,1H3,(H,17,21). The van der Waals surface area contributed by atoms with Crippen LogP contribution in [0, 0.1) is 0 Å². The van der Waals surface area contributed by atoms with Crippen LogP contribution in [-0.2, 0) is 14.3 Å². The van der Waals surface area contributed by atoms with Gasteiger partial charge in [0.15, 0.2) is 0 Å². The largest absolute Gasteiger partial charge is 0.394 e. The van der Waals surface area contributed by atoms with E-state index in [9.17, 15) is 4.79 Å². The highest BCUT2D eigenvalue weighted by Gasteiger charge is 2.08. The molecule has 3 N–H and O–H groups in total. The minimum Gasteiger partial charge on any atom is -0.394 e. The van der Waals surface area contributed by atoms with E-state index in [0.717, 1.165) is 11.4 Å². The first-order valence-corrected chi connectivity index (χ1v) is 7.67. The number of anilines is 2. The minimum absolute atomic E-state index is 0.00235. The number of aliphatic hydroxyl groups excluding tert-OH is 2. The van der Waals surface area contributed by atoms with Crippen molar-refractivity contribution < 1.29 is 24.5 Å². The molecule has 0 aliphatic rings. The van der Waals surface area contributed by atoms with Gasteiger partial charge in [0.1, 0.15) is 0 Å². The maximum absolute atomic E-state index is 11.2. The van der Waals surface area contributed by atoms with E-state index in [-0.39, 0.29) is 19.1 Å². The van der Waals surface area contributed by atoms with E-state index in [0.29, 0.717) is 39.5 Å². The van der Waals surface area contributed by atoms with E-state index >= 15 is 0 Å². The van der Waals surface area contributed by atoms with E-state index in [1.807, 2.05) is 24.3 Å². The Labute approximate surface area is 136 Å². The molecular formula is C16H26N2O5. The Hall–Kier alpha value is -1.67. The molecule has 0 fully saturated rings. The maximum atomic E-state index is 11.2. The van der Waals surface area contributed by atoms with Crippen molar-refractivity contribution in [3.05, 3.63) is 24.3 Å². The lowest BCUT2D eigenvalue weighted by Gasteiger charge is -2.25. The molecule has 130 valence electrons. The summed E-state index contributed by atoms with van der Waals surface area (Å²) in [6, 6.07) is 7.53. The monoisotopic (exact) mass is 326 g/mol. The van der Waals surface area contributed by atoms with Crippen LogP contribution in [0.4, 0.5) is 11.4 Å². The average molecular weight is 326 g/mol. The van der Waals surface area contributed by atoms with Crippen molar-refractivity contribution in [2.24, 2.45) is 0 Å². The number of hydrogen-bond acceptors (Lipinski definition) is 6. The molecule has 0 unspecified atom stereocenters. The highest BCUT2D eigenvalue weighted by atomic mass is 16.5. The van der Waals surface area contributed by atoms with Crippen molar-refractivity contribution in [2.75, 3.05) is 62.9 Å². The topological polar surface area (TPSA) is 91.3 Å². The zero-order chi connectivity index (χ0) is 16.9. The summed E-state index contributed by atoms with van der Waals surface area (Å²) in [7, 11) is 0. The Balaban J connectivity index is 2.66. The summed E-state index contributed by atoms with van der Waals surface area (Å²) in [5.41, 5.74) is 1.67. The van der Waals surface area contributed by atoms with E-state index in [1.165, 1.54) is 6.92 Å². The van der Waals surface area contributed by atoms with Crippen LogP contribution in [0.25, 0.3) is 0 Å². The summed E-state index contributed by atoms with van der Waals surface area (Å²) in [4.78, 5) is 13.2.